The molecule has 2 aliphatic rings. The van der Waals surface area contributed by atoms with Crippen molar-refractivity contribution in [3.05, 3.63) is 22.4 Å². The molecule has 0 aromatic carbocycles. The molecule has 2 saturated heterocycles. The van der Waals surface area contributed by atoms with Crippen molar-refractivity contribution in [2.75, 3.05) is 53.5 Å². The Morgan fingerprint density at radius 2 is 2.18 bits per heavy atom. The van der Waals surface area contributed by atoms with Crippen LogP contribution in [0, 0.1) is 0 Å². The Morgan fingerprint density at radius 3 is 2.77 bits per heavy atom. The molecule has 6 heteroatoms. The van der Waals surface area contributed by atoms with Gasteiger partial charge in [0.05, 0.1) is 25.3 Å². The number of nitrogens with zero attached hydrogens (tertiary/aromatic N) is 3. The van der Waals surface area contributed by atoms with Crippen molar-refractivity contribution in [2.24, 2.45) is 0 Å². The van der Waals surface area contributed by atoms with Gasteiger partial charge in [-0.1, -0.05) is 6.07 Å². The van der Waals surface area contributed by atoms with Gasteiger partial charge in [0.2, 0.25) is 5.91 Å². The lowest BCUT2D eigenvalue weighted by molar-refractivity contribution is -0.130. The molecule has 1 amide bonds. The zero-order chi connectivity index (χ0) is 15.5. The lowest BCUT2D eigenvalue weighted by Gasteiger charge is -2.37. The Kier molecular flexibility index (Phi) is 5.13. The molecule has 0 aliphatic carbocycles. The predicted molar refractivity (Wildman–Crippen MR) is 88.1 cm³/mol. The summed E-state index contributed by atoms with van der Waals surface area (Å²) in [4.78, 5) is 20.2. The van der Waals surface area contributed by atoms with Gasteiger partial charge in [-0.15, -0.1) is 11.3 Å². The topological polar surface area (TPSA) is 36.0 Å². The van der Waals surface area contributed by atoms with Gasteiger partial charge in [-0.3, -0.25) is 14.6 Å². The molecule has 0 spiro atoms. The summed E-state index contributed by atoms with van der Waals surface area (Å²) in [5.41, 5.74) is 0. The summed E-state index contributed by atoms with van der Waals surface area (Å²) in [7, 11) is 3.98. The number of rotatable bonds is 5. The van der Waals surface area contributed by atoms with Crippen LogP contribution in [0.3, 0.4) is 0 Å². The van der Waals surface area contributed by atoms with Gasteiger partial charge in [0, 0.05) is 38.1 Å². The molecule has 22 heavy (non-hydrogen) atoms. The van der Waals surface area contributed by atoms with Crippen LogP contribution in [0.25, 0.3) is 0 Å². The summed E-state index contributed by atoms with van der Waals surface area (Å²) in [6.07, 6.45) is 0.937. The molecule has 3 heterocycles. The van der Waals surface area contributed by atoms with E-state index in [-0.39, 0.29) is 11.9 Å². The predicted octanol–water partition coefficient (Wildman–Crippen LogP) is 1.28. The van der Waals surface area contributed by atoms with Gasteiger partial charge >= 0.3 is 0 Å². The summed E-state index contributed by atoms with van der Waals surface area (Å²) in [5.74, 6) is 0.259. The molecule has 2 atom stereocenters. The molecule has 2 aliphatic heterocycles. The largest absolute Gasteiger partial charge is 0.379 e. The molecule has 0 bridgehead atoms. The highest BCUT2D eigenvalue weighted by Gasteiger charge is 2.34. The first-order valence-electron chi connectivity index (χ1n) is 7.97. The Bertz CT molecular complexity index is 488. The van der Waals surface area contributed by atoms with Crippen LogP contribution in [0.2, 0.25) is 0 Å². The number of morpholine rings is 1. The van der Waals surface area contributed by atoms with Gasteiger partial charge in [0.15, 0.2) is 0 Å². The Balaban J connectivity index is 1.71. The fourth-order valence-corrected chi connectivity index (χ4v) is 4.22. The number of amides is 1. The number of hydrogen-bond acceptors (Lipinski definition) is 5. The first kappa shape index (κ1) is 15.9. The van der Waals surface area contributed by atoms with Gasteiger partial charge in [0.25, 0.3) is 0 Å². The van der Waals surface area contributed by atoms with Crippen LogP contribution < -0.4 is 0 Å². The van der Waals surface area contributed by atoms with Crippen LogP contribution in [0.1, 0.15) is 17.3 Å². The molecule has 1 aromatic rings. The van der Waals surface area contributed by atoms with Crippen LogP contribution in [0.4, 0.5) is 0 Å². The lowest BCUT2D eigenvalue weighted by atomic mass is 10.1. The fourth-order valence-electron chi connectivity index (χ4n) is 3.37. The molecule has 0 radical (unpaired) electrons. The van der Waals surface area contributed by atoms with Crippen LogP contribution >= 0.6 is 11.3 Å². The Hall–Kier alpha value is -0.950. The van der Waals surface area contributed by atoms with Crippen molar-refractivity contribution in [1.82, 2.24) is 14.7 Å². The minimum atomic E-state index is 0.0357. The van der Waals surface area contributed by atoms with E-state index in [0.29, 0.717) is 6.04 Å². The molecule has 2 fully saturated rings. The standard InChI is InChI=1S/C16H25N3O2S/c1-17-6-5-13(16(17)20)18(2)12-14(15-4-3-11-22-15)19-7-9-21-10-8-19/h3-4,11,13-14H,5-10,12H2,1-2H3/t13-,14+/m1/s1. The van der Waals surface area contributed by atoms with E-state index < -0.39 is 0 Å². The zero-order valence-electron chi connectivity index (χ0n) is 13.4. The number of likely N-dealkylation sites (N-methyl/N-ethyl adjacent to an activating group) is 2. The smallest absolute Gasteiger partial charge is 0.239 e. The van der Waals surface area contributed by atoms with Crippen molar-refractivity contribution in [1.29, 1.82) is 0 Å². The van der Waals surface area contributed by atoms with E-state index in [2.05, 4.69) is 34.4 Å². The van der Waals surface area contributed by atoms with Crippen molar-refractivity contribution < 1.29 is 9.53 Å². The lowest BCUT2D eigenvalue weighted by Crippen LogP contribution is -2.46. The van der Waals surface area contributed by atoms with Crippen LogP contribution in [-0.2, 0) is 9.53 Å². The fraction of sp³-hybridized carbons (Fsp3) is 0.688. The normalized spacial score (nSPS) is 25.1. The third-order valence-corrected chi connectivity index (χ3v) is 5.72. The van der Waals surface area contributed by atoms with E-state index in [0.717, 1.165) is 45.8 Å². The molecule has 0 unspecified atom stereocenters. The minimum absolute atomic E-state index is 0.0357. The molecule has 1 aromatic heterocycles. The van der Waals surface area contributed by atoms with Gasteiger partial charge in [0.1, 0.15) is 0 Å². The van der Waals surface area contributed by atoms with Crippen LogP contribution in [0.5, 0.6) is 0 Å². The maximum atomic E-state index is 12.2. The van der Waals surface area contributed by atoms with Gasteiger partial charge < -0.3 is 9.64 Å². The number of carbonyl (C=O) groups is 1. The van der Waals surface area contributed by atoms with E-state index in [1.165, 1.54) is 4.88 Å². The zero-order valence-corrected chi connectivity index (χ0v) is 14.2. The van der Waals surface area contributed by atoms with Crippen molar-refractivity contribution >= 4 is 17.2 Å². The van der Waals surface area contributed by atoms with E-state index in [4.69, 9.17) is 4.74 Å². The van der Waals surface area contributed by atoms with Crippen molar-refractivity contribution in [3.63, 3.8) is 0 Å². The first-order chi connectivity index (χ1) is 10.7. The number of hydrogen-bond donors (Lipinski definition) is 0. The average Bonchev–Trinajstić information content (AvgIpc) is 3.17. The number of ether oxygens (including phenoxy) is 1. The number of likely N-dealkylation sites (tertiary alicyclic amines) is 1. The van der Waals surface area contributed by atoms with Crippen LogP contribution in [0.15, 0.2) is 17.5 Å². The van der Waals surface area contributed by atoms with E-state index >= 15 is 0 Å². The summed E-state index contributed by atoms with van der Waals surface area (Å²) < 4.78 is 5.49. The average molecular weight is 323 g/mol. The molecular weight excluding hydrogens is 298 g/mol. The van der Waals surface area contributed by atoms with Crippen LogP contribution in [-0.4, -0.2) is 80.1 Å². The third-order valence-electron chi connectivity index (χ3n) is 4.75. The highest BCUT2D eigenvalue weighted by molar-refractivity contribution is 7.10. The quantitative estimate of drug-likeness (QED) is 0.818. The number of thiophene rings is 1. The van der Waals surface area contributed by atoms with E-state index in [1.54, 1.807) is 11.3 Å². The van der Waals surface area contributed by atoms with Gasteiger partial charge in [-0.25, -0.2) is 0 Å². The highest BCUT2D eigenvalue weighted by Crippen LogP contribution is 2.28. The summed E-state index contributed by atoms with van der Waals surface area (Å²) in [6.45, 7) is 5.30. The van der Waals surface area contributed by atoms with E-state index in [9.17, 15) is 4.79 Å². The molecule has 5 nitrogen and oxygen atoms in total. The Morgan fingerprint density at radius 1 is 1.41 bits per heavy atom. The van der Waals surface area contributed by atoms with E-state index in [1.807, 2.05) is 11.9 Å². The second-order valence-corrected chi connectivity index (χ2v) is 7.16. The first-order valence-corrected chi connectivity index (χ1v) is 8.85. The van der Waals surface area contributed by atoms with Crippen molar-refractivity contribution in [3.8, 4) is 0 Å². The second kappa shape index (κ2) is 7.08. The summed E-state index contributed by atoms with van der Waals surface area (Å²) in [5, 5.41) is 2.14. The SMILES string of the molecule is CN1CC[C@@H](N(C)C[C@@H](c2cccs2)N2CCOCC2)C1=O. The second-order valence-electron chi connectivity index (χ2n) is 6.18. The summed E-state index contributed by atoms with van der Waals surface area (Å²) >= 11 is 1.81. The van der Waals surface area contributed by atoms with Gasteiger partial charge in [-0.2, -0.15) is 0 Å². The Labute approximate surface area is 136 Å². The molecule has 122 valence electrons. The highest BCUT2D eigenvalue weighted by atomic mass is 32.1. The summed E-state index contributed by atoms with van der Waals surface area (Å²) in [6, 6.07) is 4.71. The van der Waals surface area contributed by atoms with Gasteiger partial charge in [-0.05, 0) is 24.9 Å². The van der Waals surface area contributed by atoms with Crippen molar-refractivity contribution in [2.45, 2.75) is 18.5 Å². The maximum Gasteiger partial charge on any atom is 0.239 e. The monoisotopic (exact) mass is 323 g/mol. The number of carbonyl (C=O) groups excluding carboxylic acids is 1. The molecular formula is C16H25N3O2S. The molecule has 0 N–H and O–H groups in total. The molecule has 0 saturated carbocycles. The molecule has 3 rings (SSSR count). The minimum Gasteiger partial charge on any atom is -0.379 e. The third kappa shape index (κ3) is 3.35. The maximum absolute atomic E-state index is 12.2.